The molecular formula is C25H24Cl2O3S. The standard InChI is InChI=1S/C25H24Cl2O3S/c1-14-8-16(6-7-20(14)22(28)9-15-4-3-5-15)21-13-25(2,31-23(21)24(29)30)17-10-18(26)12-19(27)11-17/h6-8,10-12,15H,3-5,9,13H2,1-2H3,(H,29,30). The van der Waals surface area contributed by atoms with Crippen LogP contribution in [-0.4, -0.2) is 16.9 Å². The molecule has 2 aromatic carbocycles. The van der Waals surface area contributed by atoms with E-state index < -0.39 is 10.7 Å². The topological polar surface area (TPSA) is 54.4 Å². The molecule has 2 aromatic rings. The van der Waals surface area contributed by atoms with Gasteiger partial charge in [0.05, 0.1) is 4.91 Å². The van der Waals surface area contributed by atoms with Gasteiger partial charge in [-0.2, -0.15) is 0 Å². The Morgan fingerprint density at radius 1 is 1.13 bits per heavy atom. The van der Waals surface area contributed by atoms with Crippen molar-refractivity contribution in [2.24, 2.45) is 5.92 Å². The molecule has 31 heavy (non-hydrogen) atoms. The summed E-state index contributed by atoms with van der Waals surface area (Å²) in [6.45, 7) is 3.94. The third-order valence-electron chi connectivity index (χ3n) is 6.36. The zero-order chi connectivity index (χ0) is 22.3. The largest absolute Gasteiger partial charge is 0.477 e. The Hall–Kier alpha value is -1.75. The molecule has 1 aliphatic carbocycles. The first kappa shape index (κ1) is 22.4. The van der Waals surface area contributed by atoms with Crippen LogP contribution in [0.4, 0.5) is 0 Å². The number of allylic oxidation sites excluding steroid dienone is 1. The van der Waals surface area contributed by atoms with Crippen LogP contribution >= 0.6 is 35.0 Å². The number of aliphatic carboxylic acids is 1. The van der Waals surface area contributed by atoms with Crippen molar-refractivity contribution in [1.82, 2.24) is 0 Å². The average Bonchev–Trinajstić information content (AvgIpc) is 3.03. The fraction of sp³-hybridized carbons (Fsp3) is 0.360. The lowest BCUT2D eigenvalue weighted by molar-refractivity contribution is -0.131. The molecule has 1 atom stereocenters. The van der Waals surface area contributed by atoms with E-state index in [4.69, 9.17) is 23.2 Å². The monoisotopic (exact) mass is 474 g/mol. The Labute approximate surface area is 196 Å². The second kappa shape index (κ2) is 8.65. The summed E-state index contributed by atoms with van der Waals surface area (Å²) in [7, 11) is 0. The van der Waals surface area contributed by atoms with Gasteiger partial charge in [0.25, 0.3) is 0 Å². The normalized spacial score (nSPS) is 21.3. The Kier molecular flexibility index (Phi) is 6.26. The van der Waals surface area contributed by atoms with Crippen molar-refractivity contribution in [2.75, 3.05) is 0 Å². The van der Waals surface area contributed by atoms with Gasteiger partial charge in [-0.25, -0.2) is 4.79 Å². The van der Waals surface area contributed by atoms with Crippen molar-refractivity contribution in [2.45, 2.75) is 50.7 Å². The molecule has 1 unspecified atom stereocenters. The maximum atomic E-state index is 12.7. The molecule has 4 rings (SSSR count). The summed E-state index contributed by atoms with van der Waals surface area (Å²) < 4.78 is -0.496. The van der Waals surface area contributed by atoms with E-state index in [0.717, 1.165) is 40.7 Å². The van der Waals surface area contributed by atoms with Crippen LogP contribution < -0.4 is 0 Å². The number of carbonyl (C=O) groups is 2. The quantitative estimate of drug-likeness (QED) is 0.439. The fourth-order valence-corrected chi connectivity index (χ4v) is 6.23. The summed E-state index contributed by atoms with van der Waals surface area (Å²) >= 11 is 13.7. The summed E-state index contributed by atoms with van der Waals surface area (Å²) in [4.78, 5) is 25.1. The lowest BCUT2D eigenvalue weighted by Crippen LogP contribution is -2.16. The minimum Gasteiger partial charge on any atom is -0.477 e. The van der Waals surface area contributed by atoms with Crippen LogP contribution in [0.25, 0.3) is 5.57 Å². The molecule has 6 heteroatoms. The maximum Gasteiger partial charge on any atom is 0.342 e. The van der Waals surface area contributed by atoms with Crippen molar-refractivity contribution in [3.8, 4) is 0 Å². The molecule has 1 heterocycles. The molecule has 1 fully saturated rings. The lowest BCUT2D eigenvalue weighted by atomic mass is 9.80. The van der Waals surface area contributed by atoms with Crippen LogP contribution in [-0.2, 0) is 9.54 Å². The SMILES string of the molecule is Cc1cc(C2=C(C(=O)O)SC(C)(c3cc(Cl)cc(Cl)c3)C2)ccc1C(=O)CC1CCC1. The van der Waals surface area contributed by atoms with Gasteiger partial charge in [0.15, 0.2) is 5.78 Å². The van der Waals surface area contributed by atoms with E-state index in [-0.39, 0.29) is 5.78 Å². The van der Waals surface area contributed by atoms with Crippen LogP contribution in [0.3, 0.4) is 0 Å². The molecule has 2 aliphatic rings. The third-order valence-corrected chi connectivity index (χ3v) is 8.25. The Bertz CT molecular complexity index is 1080. The second-order valence-electron chi connectivity index (χ2n) is 8.73. The Morgan fingerprint density at radius 2 is 1.81 bits per heavy atom. The lowest BCUT2D eigenvalue weighted by Gasteiger charge is -2.25. The van der Waals surface area contributed by atoms with Gasteiger partial charge in [-0.3, -0.25) is 4.79 Å². The van der Waals surface area contributed by atoms with E-state index in [1.54, 1.807) is 6.07 Å². The molecule has 162 valence electrons. The van der Waals surface area contributed by atoms with E-state index in [1.165, 1.54) is 18.2 Å². The molecule has 1 aliphatic heterocycles. The van der Waals surface area contributed by atoms with Crippen molar-refractivity contribution < 1.29 is 14.7 Å². The molecule has 3 nitrogen and oxygen atoms in total. The first-order chi connectivity index (χ1) is 14.7. The number of hydrogen-bond acceptors (Lipinski definition) is 3. The molecule has 0 amide bonds. The van der Waals surface area contributed by atoms with Crippen LogP contribution in [0, 0.1) is 12.8 Å². The Balaban J connectivity index is 1.65. The number of thioether (sulfide) groups is 1. The minimum absolute atomic E-state index is 0.181. The highest BCUT2D eigenvalue weighted by atomic mass is 35.5. The molecular weight excluding hydrogens is 451 g/mol. The molecule has 1 saturated carbocycles. The van der Waals surface area contributed by atoms with Crippen molar-refractivity contribution in [3.05, 3.63) is 73.6 Å². The maximum absolute atomic E-state index is 12.7. The van der Waals surface area contributed by atoms with Crippen LogP contribution in [0.5, 0.6) is 0 Å². The molecule has 0 aromatic heterocycles. The number of Topliss-reactive ketones (excluding diaryl/α,β-unsaturated/α-hetero) is 1. The summed E-state index contributed by atoms with van der Waals surface area (Å²) in [6, 6.07) is 11.0. The van der Waals surface area contributed by atoms with Gasteiger partial charge >= 0.3 is 5.97 Å². The predicted octanol–water partition coefficient (Wildman–Crippen LogP) is 7.52. The van der Waals surface area contributed by atoms with E-state index in [1.807, 2.05) is 44.2 Å². The van der Waals surface area contributed by atoms with Gasteiger partial charge < -0.3 is 5.11 Å². The van der Waals surface area contributed by atoms with Gasteiger partial charge in [0.1, 0.15) is 0 Å². The third kappa shape index (κ3) is 4.57. The number of benzene rings is 2. The second-order valence-corrected chi connectivity index (χ2v) is 11.1. The summed E-state index contributed by atoms with van der Waals surface area (Å²) in [5, 5.41) is 10.9. The number of carboxylic acid groups (broad SMARTS) is 1. The number of hydrogen-bond donors (Lipinski definition) is 1. The number of halogens is 2. The fourth-order valence-electron chi connectivity index (χ4n) is 4.40. The zero-order valence-electron chi connectivity index (χ0n) is 17.5. The molecule has 1 N–H and O–H groups in total. The molecule has 0 spiro atoms. The highest BCUT2D eigenvalue weighted by Crippen LogP contribution is 2.56. The highest BCUT2D eigenvalue weighted by molar-refractivity contribution is 8.05. The van der Waals surface area contributed by atoms with E-state index in [2.05, 4.69) is 0 Å². The smallest absolute Gasteiger partial charge is 0.342 e. The van der Waals surface area contributed by atoms with Crippen LogP contribution in [0.1, 0.15) is 66.1 Å². The number of ketones is 1. The molecule has 0 radical (unpaired) electrons. The number of carbonyl (C=O) groups excluding carboxylic acids is 1. The van der Waals surface area contributed by atoms with E-state index in [9.17, 15) is 14.7 Å². The van der Waals surface area contributed by atoms with Crippen molar-refractivity contribution in [1.29, 1.82) is 0 Å². The summed E-state index contributed by atoms with van der Waals surface area (Å²) in [5.74, 6) is -0.246. The number of rotatable bonds is 6. The van der Waals surface area contributed by atoms with Gasteiger partial charge in [0.2, 0.25) is 0 Å². The van der Waals surface area contributed by atoms with Gasteiger partial charge in [0, 0.05) is 26.8 Å². The number of carboxylic acids is 1. The summed E-state index contributed by atoms with van der Waals surface area (Å²) in [6.07, 6.45) is 4.63. The minimum atomic E-state index is -0.945. The van der Waals surface area contributed by atoms with E-state index >= 15 is 0 Å². The van der Waals surface area contributed by atoms with Crippen molar-refractivity contribution in [3.63, 3.8) is 0 Å². The highest BCUT2D eigenvalue weighted by Gasteiger charge is 2.40. The van der Waals surface area contributed by atoms with Crippen LogP contribution in [0.15, 0.2) is 41.3 Å². The van der Waals surface area contributed by atoms with E-state index in [0.29, 0.717) is 33.7 Å². The first-order valence-electron chi connectivity index (χ1n) is 10.4. The van der Waals surface area contributed by atoms with Gasteiger partial charge in [-0.1, -0.05) is 60.7 Å². The zero-order valence-corrected chi connectivity index (χ0v) is 19.8. The Morgan fingerprint density at radius 3 is 2.35 bits per heavy atom. The summed E-state index contributed by atoms with van der Waals surface area (Å²) in [5.41, 5.74) is 4.15. The first-order valence-corrected chi connectivity index (χ1v) is 12.0. The van der Waals surface area contributed by atoms with Gasteiger partial charge in [-0.05, 0) is 66.6 Å². The average molecular weight is 475 g/mol. The number of aryl methyl sites for hydroxylation is 1. The van der Waals surface area contributed by atoms with Crippen LogP contribution in [0.2, 0.25) is 10.0 Å². The van der Waals surface area contributed by atoms with Crippen molar-refractivity contribution >= 4 is 52.3 Å². The van der Waals surface area contributed by atoms with Gasteiger partial charge in [-0.15, -0.1) is 11.8 Å². The molecule has 0 bridgehead atoms. The predicted molar refractivity (Wildman–Crippen MR) is 128 cm³/mol. The molecule has 0 saturated heterocycles.